The number of aromatic nitrogens is 1. The highest BCUT2D eigenvalue weighted by Gasteiger charge is 2.07. The van der Waals surface area contributed by atoms with Gasteiger partial charge in [-0.05, 0) is 62.1 Å². The highest BCUT2D eigenvalue weighted by molar-refractivity contribution is 5.43. The summed E-state index contributed by atoms with van der Waals surface area (Å²) in [5.41, 5.74) is 5.11. The van der Waals surface area contributed by atoms with E-state index in [1.54, 1.807) is 6.07 Å². The van der Waals surface area contributed by atoms with Crippen molar-refractivity contribution in [2.45, 2.75) is 34.3 Å². The first-order valence-corrected chi connectivity index (χ1v) is 6.34. The van der Waals surface area contributed by atoms with E-state index in [4.69, 9.17) is 9.84 Å². The van der Waals surface area contributed by atoms with Crippen LogP contribution in [0.4, 0.5) is 0 Å². The van der Waals surface area contributed by atoms with Crippen molar-refractivity contribution < 1.29 is 9.84 Å². The van der Waals surface area contributed by atoms with E-state index >= 15 is 0 Å². The van der Waals surface area contributed by atoms with Gasteiger partial charge in [0.05, 0.1) is 6.61 Å². The monoisotopic (exact) mass is 257 g/mol. The number of aryl methyl sites for hydroxylation is 3. The largest absolute Gasteiger partial charge is 0.439 e. The van der Waals surface area contributed by atoms with Crippen molar-refractivity contribution in [3.8, 4) is 11.6 Å². The van der Waals surface area contributed by atoms with Crippen LogP contribution in [0.2, 0.25) is 0 Å². The number of nitrogens with zero attached hydrogens (tertiary/aromatic N) is 1. The molecule has 0 spiro atoms. The summed E-state index contributed by atoms with van der Waals surface area (Å²) in [5.74, 6) is 1.39. The molecule has 1 aromatic carbocycles. The van der Waals surface area contributed by atoms with Crippen LogP contribution >= 0.6 is 0 Å². The van der Waals surface area contributed by atoms with E-state index in [0.29, 0.717) is 5.88 Å². The molecule has 2 aromatic rings. The second kappa shape index (κ2) is 5.41. The van der Waals surface area contributed by atoms with Gasteiger partial charge >= 0.3 is 0 Å². The predicted octanol–water partition coefficient (Wildman–Crippen LogP) is 3.60. The molecule has 1 heterocycles. The molecule has 0 saturated carbocycles. The smallest absolute Gasteiger partial charge is 0.219 e. The number of pyridine rings is 1. The Labute approximate surface area is 113 Å². The van der Waals surface area contributed by atoms with Gasteiger partial charge in [-0.2, -0.15) is 0 Å². The van der Waals surface area contributed by atoms with Gasteiger partial charge < -0.3 is 9.84 Å². The van der Waals surface area contributed by atoms with Crippen LogP contribution in [0.3, 0.4) is 0 Å². The molecular weight excluding hydrogens is 238 g/mol. The van der Waals surface area contributed by atoms with Crippen LogP contribution in [0.5, 0.6) is 11.6 Å². The van der Waals surface area contributed by atoms with E-state index in [-0.39, 0.29) is 6.61 Å². The maximum absolute atomic E-state index is 9.14. The lowest BCUT2D eigenvalue weighted by Gasteiger charge is -2.12. The third kappa shape index (κ3) is 2.93. The van der Waals surface area contributed by atoms with Crippen LogP contribution in [0.25, 0.3) is 0 Å². The van der Waals surface area contributed by atoms with Crippen molar-refractivity contribution in [2.24, 2.45) is 0 Å². The number of ether oxygens (including phenoxy) is 1. The normalized spacial score (nSPS) is 10.6. The molecule has 19 heavy (non-hydrogen) atoms. The van der Waals surface area contributed by atoms with Gasteiger partial charge in [0.25, 0.3) is 0 Å². The van der Waals surface area contributed by atoms with Gasteiger partial charge in [0, 0.05) is 11.8 Å². The van der Waals surface area contributed by atoms with E-state index < -0.39 is 0 Å². The van der Waals surface area contributed by atoms with Gasteiger partial charge in [-0.25, -0.2) is 4.98 Å². The summed E-state index contributed by atoms with van der Waals surface area (Å²) in [6, 6.07) is 7.78. The fraction of sp³-hybridized carbons (Fsp3) is 0.312. The topological polar surface area (TPSA) is 42.4 Å². The molecule has 0 saturated heterocycles. The maximum Gasteiger partial charge on any atom is 0.219 e. The third-order valence-electron chi connectivity index (χ3n) is 3.32. The summed E-state index contributed by atoms with van der Waals surface area (Å²) in [6.45, 7) is 8.03. The number of benzene rings is 1. The number of hydrogen-bond acceptors (Lipinski definition) is 3. The molecule has 1 N–H and O–H groups in total. The molecule has 0 fully saturated rings. The van der Waals surface area contributed by atoms with Crippen LogP contribution < -0.4 is 4.74 Å². The molecule has 0 atom stereocenters. The standard InChI is InChI=1S/C16H19NO2/c1-10-7-11(2)12(3)15(8-10)19-16-6-5-14(9-18)13(4)17-16/h5-8,18H,9H2,1-4H3. The molecule has 0 aliphatic carbocycles. The van der Waals surface area contributed by atoms with Crippen molar-refractivity contribution in [1.29, 1.82) is 0 Å². The Balaban J connectivity index is 2.33. The lowest BCUT2D eigenvalue weighted by atomic mass is 10.1. The zero-order valence-electron chi connectivity index (χ0n) is 11.8. The molecule has 0 amide bonds. The van der Waals surface area contributed by atoms with Gasteiger partial charge in [-0.3, -0.25) is 0 Å². The van der Waals surface area contributed by atoms with Gasteiger partial charge in [0.15, 0.2) is 0 Å². The Morgan fingerprint density at radius 1 is 1.11 bits per heavy atom. The van der Waals surface area contributed by atoms with Crippen molar-refractivity contribution in [3.05, 3.63) is 52.2 Å². The summed E-state index contributed by atoms with van der Waals surface area (Å²) in [4.78, 5) is 4.36. The number of rotatable bonds is 3. The van der Waals surface area contributed by atoms with E-state index in [2.05, 4.69) is 18.0 Å². The Bertz CT molecular complexity index is 606. The minimum Gasteiger partial charge on any atom is -0.439 e. The summed E-state index contributed by atoms with van der Waals surface area (Å²) in [6.07, 6.45) is 0. The molecule has 1 aromatic heterocycles. The molecule has 0 bridgehead atoms. The average Bonchev–Trinajstić information content (AvgIpc) is 2.35. The lowest BCUT2D eigenvalue weighted by molar-refractivity contribution is 0.280. The SMILES string of the molecule is Cc1cc(C)c(C)c(Oc2ccc(CO)c(C)n2)c1. The number of aliphatic hydroxyl groups excluding tert-OH is 1. The van der Waals surface area contributed by atoms with E-state index in [9.17, 15) is 0 Å². The second-order valence-corrected chi connectivity index (χ2v) is 4.86. The summed E-state index contributed by atoms with van der Waals surface area (Å²) in [5, 5.41) is 9.14. The quantitative estimate of drug-likeness (QED) is 0.913. The molecule has 0 radical (unpaired) electrons. The van der Waals surface area contributed by atoms with Crippen molar-refractivity contribution in [3.63, 3.8) is 0 Å². The fourth-order valence-corrected chi connectivity index (χ4v) is 2.01. The minimum absolute atomic E-state index is 0.00168. The zero-order chi connectivity index (χ0) is 14.0. The molecule has 100 valence electrons. The lowest BCUT2D eigenvalue weighted by Crippen LogP contribution is -1.97. The Kier molecular flexibility index (Phi) is 3.86. The Morgan fingerprint density at radius 3 is 2.47 bits per heavy atom. The van der Waals surface area contributed by atoms with E-state index in [1.165, 1.54) is 11.1 Å². The van der Waals surface area contributed by atoms with Crippen LogP contribution in [-0.4, -0.2) is 10.1 Å². The van der Waals surface area contributed by atoms with Gasteiger partial charge in [-0.15, -0.1) is 0 Å². The molecule has 2 rings (SSSR count). The zero-order valence-corrected chi connectivity index (χ0v) is 11.8. The minimum atomic E-state index is 0.00168. The molecule has 0 aliphatic heterocycles. The number of aliphatic hydroxyl groups is 1. The highest BCUT2D eigenvalue weighted by atomic mass is 16.5. The second-order valence-electron chi connectivity index (χ2n) is 4.86. The van der Waals surface area contributed by atoms with Gasteiger partial charge in [0.1, 0.15) is 5.75 Å². The summed E-state index contributed by atoms with van der Waals surface area (Å²) >= 11 is 0. The Hall–Kier alpha value is -1.87. The molecule has 3 nitrogen and oxygen atoms in total. The predicted molar refractivity (Wildman–Crippen MR) is 75.6 cm³/mol. The molecule has 3 heteroatoms. The van der Waals surface area contributed by atoms with E-state index in [1.807, 2.05) is 32.9 Å². The van der Waals surface area contributed by atoms with E-state index in [0.717, 1.165) is 22.6 Å². The molecule has 0 unspecified atom stereocenters. The Morgan fingerprint density at radius 2 is 1.84 bits per heavy atom. The first kappa shape index (κ1) is 13.6. The van der Waals surface area contributed by atoms with Crippen LogP contribution in [-0.2, 0) is 6.61 Å². The highest BCUT2D eigenvalue weighted by Crippen LogP contribution is 2.28. The third-order valence-corrected chi connectivity index (χ3v) is 3.32. The van der Waals surface area contributed by atoms with Crippen LogP contribution in [0, 0.1) is 27.7 Å². The number of hydrogen-bond donors (Lipinski definition) is 1. The molecular formula is C16H19NO2. The molecule has 0 aliphatic rings. The van der Waals surface area contributed by atoms with Gasteiger partial charge in [0.2, 0.25) is 5.88 Å². The first-order valence-electron chi connectivity index (χ1n) is 6.34. The maximum atomic E-state index is 9.14. The average molecular weight is 257 g/mol. The van der Waals surface area contributed by atoms with Crippen LogP contribution in [0.1, 0.15) is 27.9 Å². The van der Waals surface area contributed by atoms with Crippen molar-refractivity contribution in [1.82, 2.24) is 4.98 Å². The van der Waals surface area contributed by atoms with Crippen molar-refractivity contribution in [2.75, 3.05) is 0 Å². The van der Waals surface area contributed by atoms with Crippen LogP contribution in [0.15, 0.2) is 24.3 Å². The van der Waals surface area contributed by atoms with Crippen molar-refractivity contribution >= 4 is 0 Å². The summed E-state index contributed by atoms with van der Waals surface area (Å²) in [7, 11) is 0. The van der Waals surface area contributed by atoms with Gasteiger partial charge in [-0.1, -0.05) is 6.07 Å². The first-order chi connectivity index (χ1) is 9.01. The summed E-state index contributed by atoms with van der Waals surface area (Å²) < 4.78 is 5.86. The fourth-order valence-electron chi connectivity index (χ4n) is 2.01.